The topological polar surface area (TPSA) is 108 Å². The highest BCUT2D eigenvalue weighted by Gasteiger charge is 2.29. The Balaban J connectivity index is 1.75. The fourth-order valence-corrected chi connectivity index (χ4v) is 3.32. The van der Waals surface area contributed by atoms with Gasteiger partial charge in [0.15, 0.2) is 0 Å². The summed E-state index contributed by atoms with van der Waals surface area (Å²) in [5.74, 6) is 1.47. The molecule has 2 heterocycles. The third kappa shape index (κ3) is 3.21. The van der Waals surface area contributed by atoms with Crippen LogP contribution in [-0.4, -0.2) is 25.8 Å². The zero-order valence-corrected chi connectivity index (χ0v) is 14.9. The number of nitrogen functional groups attached to an aromatic ring is 1. The first-order valence-corrected chi connectivity index (χ1v) is 8.53. The monoisotopic (exact) mass is 329 g/mol. The molecular formula is C17H27N7. The number of rotatable bonds is 5. The van der Waals surface area contributed by atoms with E-state index in [1.54, 1.807) is 0 Å². The Morgan fingerprint density at radius 2 is 2.00 bits per heavy atom. The van der Waals surface area contributed by atoms with Gasteiger partial charge in [0.2, 0.25) is 5.95 Å². The zero-order chi connectivity index (χ0) is 17.4. The maximum absolute atomic E-state index is 5.88. The minimum absolute atomic E-state index is 0.287. The number of hydrogen-bond acceptors (Lipinski definition) is 6. The van der Waals surface area contributed by atoms with E-state index in [9.17, 15) is 0 Å². The van der Waals surface area contributed by atoms with E-state index < -0.39 is 0 Å². The fraction of sp³-hybridized carbons (Fsp3) is 0.588. The molecule has 0 radical (unpaired) electrons. The lowest BCUT2D eigenvalue weighted by Gasteiger charge is -2.32. The number of anilines is 2. The molecule has 0 amide bonds. The van der Waals surface area contributed by atoms with Crippen LogP contribution >= 0.6 is 0 Å². The Bertz CT molecular complexity index is 729. The molecule has 0 spiro atoms. The van der Waals surface area contributed by atoms with Gasteiger partial charge in [-0.05, 0) is 40.5 Å². The molecule has 24 heavy (non-hydrogen) atoms. The molecule has 0 bridgehead atoms. The maximum Gasteiger partial charge on any atom is 0.222 e. The van der Waals surface area contributed by atoms with Crippen LogP contribution in [0.1, 0.15) is 61.3 Å². The Morgan fingerprint density at radius 3 is 2.58 bits per heavy atom. The zero-order valence-electron chi connectivity index (χ0n) is 14.9. The molecule has 7 heteroatoms. The number of aromatic nitrogens is 4. The molecule has 1 fully saturated rings. The molecule has 130 valence electrons. The van der Waals surface area contributed by atoms with Crippen LogP contribution in [0.3, 0.4) is 0 Å². The van der Waals surface area contributed by atoms with Crippen molar-refractivity contribution in [3.05, 3.63) is 28.7 Å². The fourth-order valence-electron chi connectivity index (χ4n) is 3.32. The first-order valence-electron chi connectivity index (χ1n) is 8.53. The van der Waals surface area contributed by atoms with Crippen molar-refractivity contribution in [2.24, 2.45) is 5.73 Å². The molecule has 3 rings (SSSR count). The van der Waals surface area contributed by atoms with E-state index >= 15 is 0 Å². The van der Waals surface area contributed by atoms with E-state index in [1.165, 1.54) is 11.3 Å². The lowest BCUT2D eigenvalue weighted by atomic mass is 9.78. The van der Waals surface area contributed by atoms with Crippen molar-refractivity contribution in [3.8, 4) is 0 Å². The Hall–Kier alpha value is -2.15. The van der Waals surface area contributed by atoms with Gasteiger partial charge in [0.25, 0.3) is 0 Å². The van der Waals surface area contributed by atoms with Crippen molar-refractivity contribution in [3.63, 3.8) is 0 Å². The van der Waals surface area contributed by atoms with Crippen molar-refractivity contribution in [1.82, 2.24) is 19.7 Å². The van der Waals surface area contributed by atoms with Crippen LogP contribution in [0.15, 0.2) is 6.07 Å². The van der Waals surface area contributed by atoms with Crippen LogP contribution in [0.4, 0.5) is 11.8 Å². The van der Waals surface area contributed by atoms with Crippen LogP contribution in [-0.2, 0) is 6.54 Å². The van der Waals surface area contributed by atoms with Crippen LogP contribution in [0.25, 0.3) is 0 Å². The summed E-state index contributed by atoms with van der Waals surface area (Å²) in [4.78, 5) is 8.67. The molecular weight excluding hydrogens is 302 g/mol. The van der Waals surface area contributed by atoms with Crippen molar-refractivity contribution in [2.75, 3.05) is 11.1 Å². The molecule has 5 N–H and O–H groups in total. The van der Waals surface area contributed by atoms with E-state index in [-0.39, 0.29) is 6.04 Å². The van der Waals surface area contributed by atoms with Gasteiger partial charge >= 0.3 is 0 Å². The summed E-state index contributed by atoms with van der Waals surface area (Å²) in [7, 11) is 0. The third-order valence-corrected chi connectivity index (χ3v) is 4.77. The highest BCUT2D eigenvalue weighted by molar-refractivity contribution is 5.43. The Labute approximate surface area is 142 Å². The van der Waals surface area contributed by atoms with Gasteiger partial charge in [0, 0.05) is 41.9 Å². The normalized spacial score (nSPS) is 20.2. The maximum atomic E-state index is 5.88. The number of nitrogens with two attached hydrogens (primary N) is 2. The van der Waals surface area contributed by atoms with Gasteiger partial charge in [0.05, 0.1) is 11.4 Å². The Kier molecular flexibility index (Phi) is 4.45. The van der Waals surface area contributed by atoms with E-state index in [4.69, 9.17) is 11.5 Å². The molecule has 1 aliphatic carbocycles. The summed E-state index contributed by atoms with van der Waals surface area (Å²) < 4.78 is 2.06. The highest BCUT2D eigenvalue weighted by atomic mass is 15.3. The van der Waals surface area contributed by atoms with Gasteiger partial charge in [-0.3, -0.25) is 4.68 Å². The van der Waals surface area contributed by atoms with E-state index in [0.717, 1.165) is 30.0 Å². The molecule has 2 aromatic rings. The number of hydrogen-bond donors (Lipinski definition) is 3. The molecule has 2 aromatic heterocycles. The predicted octanol–water partition coefficient (Wildman–Crippen LogP) is 2.27. The summed E-state index contributed by atoms with van der Waals surface area (Å²) in [5, 5.41) is 8.00. The third-order valence-electron chi connectivity index (χ3n) is 4.77. The highest BCUT2D eigenvalue weighted by Crippen LogP contribution is 2.35. The molecule has 7 nitrogen and oxygen atoms in total. The summed E-state index contributed by atoms with van der Waals surface area (Å²) in [6.45, 7) is 9.09. The SMILES string of the molecule is Cc1nn(C(C)C)c(C)c1CNc1cc(C2CC(N)C2)nc(N)n1. The molecule has 0 aromatic carbocycles. The van der Waals surface area contributed by atoms with Gasteiger partial charge in [-0.25, -0.2) is 4.98 Å². The molecule has 1 aliphatic rings. The second-order valence-corrected chi connectivity index (χ2v) is 7.01. The predicted molar refractivity (Wildman–Crippen MR) is 95.8 cm³/mol. The first-order chi connectivity index (χ1) is 11.3. The second kappa shape index (κ2) is 6.39. The molecule has 0 atom stereocenters. The van der Waals surface area contributed by atoms with Gasteiger partial charge in [-0.15, -0.1) is 0 Å². The average molecular weight is 329 g/mol. The van der Waals surface area contributed by atoms with Gasteiger partial charge in [-0.2, -0.15) is 10.1 Å². The van der Waals surface area contributed by atoms with E-state index in [0.29, 0.717) is 24.5 Å². The quantitative estimate of drug-likeness (QED) is 0.776. The van der Waals surface area contributed by atoms with Crippen LogP contribution in [0, 0.1) is 13.8 Å². The lowest BCUT2D eigenvalue weighted by molar-refractivity contribution is 0.345. The summed E-state index contributed by atoms with van der Waals surface area (Å²) in [5.41, 5.74) is 16.2. The average Bonchev–Trinajstić information content (AvgIpc) is 2.76. The first kappa shape index (κ1) is 16.7. The summed E-state index contributed by atoms with van der Waals surface area (Å²) in [6.07, 6.45) is 1.94. The van der Waals surface area contributed by atoms with Crippen LogP contribution in [0.5, 0.6) is 0 Å². The van der Waals surface area contributed by atoms with Gasteiger partial charge in [0.1, 0.15) is 5.82 Å². The molecule has 0 saturated heterocycles. The molecule has 1 saturated carbocycles. The molecule has 0 aliphatic heterocycles. The van der Waals surface area contributed by atoms with E-state index in [2.05, 4.69) is 45.8 Å². The minimum atomic E-state index is 0.287. The summed E-state index contributed by atoms with van der Waals surface area (Å²) >= 11 is 0. The van der Waals surface area contributed by atoms with Gasteiger partial charge < -0.3 is 16.8 Å². The lowest BCUT2D eigenvalue weighted by Crippen LogP contribution is -2.35. The molecule has 0 unspecified atom stereocenters. The number of aryl methyl sites for hydroxylation is 1. The van der Waals surface area contributed by atoms with Crippen molar-refractivity contribution in [2.45, 2.75) is 65.1 Å². The smallest absolute Gasteiger partial charge is 0.222 e. The minimum Gasteiger partial charge on any atom is -0.368 e. The number of nitrogens with zero attached hydrogens (tertiary/aromatic N) is 4. The van der Waals surface area contributed by atoms with Gasteiger partial charge in [-0.1, -0.05) is 0 Å². The standard InChI is InChI=1S/C17H27N7/c1-9(2)24-11(4)14(10(3)23-24)8-20-16-7-15(21-17(19)22-16)12-5-13(18)6-12/h7,9,12-13H,5-6,8,18H2,1-4H3,(H3,19,20,21,22). The van der Waals surface area contributed by atoms with E-state index in [1.807, 2.05) is 13.0 Å². The Morgan fingerprint density at radius 1 is 1.29 bits per heavy atom. The number of nitrogens with one attached hydrogen (secondary N) is 1. The van der Waals surface area contributed by atoms with Crippen molar-refractivity contribution < 1.29 is 0 Å². The second-order valence-electron chi connectivity index (χ2n) is 7.01. The largest absolute Gasteiger partial charge is 0.368 e. The van der Waals surface area contributed by atoms with Crippen LogP contribution in [0.2, 0.25) is 0 Å². The van der Waals surface area contributed by atoms with Crippen molar-refractivity contribution in [1.29, 1.82) is 0 Å². The van der Waals surface area contributed by atoms with Crippen LogP contribution < -0.4 is 16.8 Å². The summed E-state index contributed by atoms with van der Waals surface area (Å²) in [6, 6.07) is 2.63. The van der Waals surface area contributed by atoms with Crippen molar-refractivity contribution >= 4 is 11.8 Å².